The topological polar surface area (TPSA) is 57.5 Å². The highest BCUT2D eigenvalue weighted by Crippen LogP contribution is 2.17. The fourth-order valence-electron chi connectivity index (χ4n) is 0.579. The second-order valence-electron chi connectivity index (χ2n) is 2.53. The minimum Gasteiger partial charge on any atom is -0.308 e. The second kappa shape index (κ2) is 2.98. The quantitative estimate of drug-likeness (QED) is 0.670. The Bertz CT molecular complexity index is 158. The molecule has 0 saturated carbocycles. The number of hydrogen-bond acceptors (Lipinski definition) is 1. The van der Waals surface area contributed by atoms with Crippen molar-refractivity contribution < 1.29 is 13.3 Å². The molecule has 3 nitrogen and oxygen atoms in total. The van der Waals surface area contributed by atoms with E-state index < -0.39 is 9.63 Å². The van der Waals surface area contributed by atoms with Gasteiger partial charge in [-0.1, -0.05) is 20.3 Å². The molecule has 0 aliphatic carbocycles. The average molecular weight is 168 g/mol. The zero-order chi connectivity index (χ0) is 8.28. The lowest BCUT2D eigenvalue weighted by molar-refractivity contribution is 0.389. The third kappa shape index (κ3) is 3.98. The standard InChI is InChI=1S/C6H16O3S/c1-3-5-6-10(7,8,9)4-2/h3-6H2,1-2H3,(H2,7,8,9). The molecule has 0 radical (unpaired) electrons. The van der Waals surface area contributed by atoms with E-state index in [0.717, 1.165) is 6.42 Å². The van der Waals surface area contributed by atoms with Crippen molar-refractivity contribution in [3.05, 3.63) is 0 Å². The maximum atomic E-state index is 11.0. The SMILES string of the molecule is CCCCS(=O)(O)(O)CC. The molecule has 0 bridgehead atoms. The van der Waals surface area contributed by atoms with Gasteiger partial charge in [0.15, 0.2) is 0 Å². The van der Waals surface area contributed by atoms with E-state index in [1.54, 1.807) is 0 Å². The number of unbranched alkanes of at least 4 members (excludes halogenated alkanes) is 1. The van der Waals surface area contributed by atoms with Crippen molar-refractivity contribution in [2.24, 2.45) is 0 Å². The van der Waals surface area contributed by atoms with Gasteiger partial charge in [-0.3, -0.25) is 0 Å². The van der Waals surface area contributed by atoms with Gasteiger partial charge in [0.1, 0.15) is 0 Å². The zero-order valence-corrected chi connectivity index (χ0v) is 7.36. The molecule has 64 valence electrons. The van der Waals surface area contributed by atoms with Crippen molar-refractivity contribution in [1.29, 1.82) is 0 Å². The van der Waals surface area contributed by atoms with Crippen LogP contribution in [0.15, 0.2) is 0 Å². The summed E-state index contributed by atoms with van der Waals surface area (Å²) in [5.74, 6) is -0.0403. The van der Waals surface area contributed by atoms with Crippen molar-refractivity contribution in [1.82, 2.24) is 0 Å². The normalized spacial score (nSPS) is 16.2. The van der Waals surface area contributed by atoms with Crippen molar-refractivity contribution >= 4 is 9.63 Å². The van der Waals surface area contributed by atoms with Crippen LogP contribution in [0.4, 0.5) is 0 Å². The lowest BCUT2D eigenvalue weighted by Gasteiger charge is -2.28. The van der Waals surface area contributed by atoms with Gasteiger partial charge in [0.05, 0.1) is 9.63 Å². The summed E-state index contributed by atoms with van der Waals surface area (Å²) >= 11 is 0. The largest absolute Gasteiger partial charge is 0.308 e. The lowest BCUT2D eigenvalue weighted by atomic mass is 10.4. The second-order valence-corrected chi connectivity index (χ2v) is 5.89. The third-order valence-corrected chi connectivity index (χ3v) is 3.76. The van der Waals surface area contributed by atoms with Gasteiger partial charge in [0.2, 0.25) is 0 Å². The first-order valence-electron chi connectivity index (χ1n) is 3.52. The van der Waals surface area contributed by atoms with Crippen molar-refractivity contribution in [2.45, 2.75) is 26.7 Å². The molecule has 0 heterocycles. The molecule has 0 aromatic rings. The van der Waals surface area contributed by atoms with E-state index in [-0.39, 0.29) is 11.5 Å². The molecule has 0 aromatic heterocycles. The molecule has 0 fully saturated rings. The average Bonchev–Trinajstić information content (AvgIpc) is 1.84. The molecule has 0 saturated heterocycles. The molecular weight excluding hydrogens is 152 g/mol. The van der Waals surface area contributed by atoms with Crippen LogP contribution in [-0.2, 0) is 9.63 Å². The van der Waals surface area contributed by atoms with E-state index in [2.05, 4.69) is 0 Å². The molecule has 0 aromatic carbocycles. The Hall–Kier alpha value is 0.0700. The Morgan fingerprint density at radius 3 is 2.10 bits per heavy atom. The first-order chi connectivity index (χ1) is 4.39. The lowest BCUT2D eigenvalue weighted by Crippen LogP contribution is -2.37. The van der Waals surface area contributed by atoms with E-state index in [1.165, 1.54) is 6.92 Å². The minimum atomic E-state index is -4.17. The van der Waals surface area contributed by atoms with Crippen LogP contribution in [0.5, 0.6) is 0 Å². The van der Waals surface area contributed by atoms with Gasteiger partial charge >= 0.3 is 0 Å². The molecular formula is C6H16O3S. The summed E-state index contributed by atoms with van der Waals surface area (Å²) < 4.78 is 29.1. The van der Waals surface area contributed by atoms with E-state index in [0.29, 0.717) is 6.42 Å². The summed E-state index contributed by atoms with van der Waals surface area (Å²) in [6.07, 6.45) is 1.43. The van der Waals surface area contributed by atoms with E-state index >= 15 is 0 Å². The predicted octanol–water partition coefficient (Wildman–Crippen LogP) is 1.57. The van der Waals surface area contributed by atoms with Gasteiger partial charge in [0.25, 0.3) is 0 Å². The van der Waals surface area contributed by atoms with Gasteiger partial charge in [0, 0.05) is 11.5 Å². The molecule has 0 aliphatic heterocycles. The first-order valence-corrected chi connectivity index (χ1v) is 5.74. The molecule has 0 atom stereocenters. The molecule has 0 spiro atoms. The van der Waals surface area contributed by atoms with Gasteiger partial charge < -0.3 is 9.11 Å². The van der Waals surface area contributed by atoms with Crippen molar-refractivity contribution in [3.63, 3.8) is 0 Å². The summed E-state index contributed by atoms with van der Waals surface area (Å²) in [5.41, 5.74) is 0. The van der Waals surface area contributed by atoms with Crippen molar-refractivity contribution in [3.8, 4) is 0 Å². The molecule has 0 aliphatic rings. The molecule has 0 rings (SSSR count). The summed E-state index contributed by atoms with van der Waals surface area (Å²) in [6, 6.07) is 0. The van der Waals surface area contributed by atoms with Crippen LogP contribution in [-0.4, -0.2) is 24.8 Å². The van der Waals surface area contributed by atoms with Gasteiger partial charge in [-0.15, -0.1) is 0 Å². The smallest absolute Gasteiger partial charge is 0.0823 e. The molecule has 0 unspecified atom stereocenters. The number of hydrogen-bond donors (Lipinski definition) is 2. The monoisotopic (exact) mass is 168 g/mol. The Morgan fingerprint density at radius 2 is 1.80 bits per heavy atom. The predicted molar refractivity (Wildman–Crippen MR) is 43.7 cm³/mol. The van der Waals surface area contributed by atoms with E-state index in [1.807, 2.05) is 6.92 Å². The van der Waals surface area contributed by atoms with Crippen LogP contribution in [0.25, 0.3) is 0 Å². The maximum Gasteiger partial charge on any atom is 0.0823 e. The number of rotatable bonds is 4. The molecule has 10 heavy (non-hydrogen) atoms. The fourth-order valence-corrected chi connectivity index (χ4v) is 1.74. The summed E-state index contributed by atoms with van der Waals surface area (Å²) in [6.45, 7) is 3.43. The van der Waals surface area contributed by atoms with E-state index in [4.69, 9.17) is 9.11 Å². The third-order valence-electron chi connectivity index (χ3n) is 1.49. The first kappa shape index (κ1) is 10.1. The van der Waals surface area contributed by atoms with Crippen LogP contribution in [0.3, 0.4) is 0 Å². The van der Waals surface area contributed by atoms with Gasteiger partial charge in [-0.25, -0.2) is 4.21 Å². The molecule has 0 amide bonds. The Balaban J connectivity index is 3.98. The minimum absolute atomic E-state index is 0.0181. The maximum absolute atomic E-state index is 11.0. The summed E-state index contributed by atoms with van der Waals surface area (Å²) in [7, 11) is -4.17. The van der Waals surface area contributed by atoms with Crippen LogP contribution in [0, 0.1) is 0 Å². The highest BCUT2D eigenvalue weighted by atomic mass is 32.3. The van der Waals surface area contributed by atoms with Crippen molar-refractivity contribution in [2.75, 3.05) is 11.5 Å². The zero-order valence-electron chi connectivity index (χ0n) is 6.54. The van der Waals surface area contributed by atoms with Crippen LogP contribution < -0.4 is 0 Å². The molecule has 4 heteroatoms. The van der Waals surface area contributed by atoms with Gasteiger partial charge in [-0.05, 0) is 6.42 Å². The highest BCUT2D eigenvalue weighted by molar-refractivity contribution is 8.10. The van der Waals surface area contributed by atoms with Crippen LogP contribution >= 0.6 is 0 Å². The summed E-state index contributed by atoms with van der Waals surface area (Å²) in [5, 5.41) is 0. The Morgan fingerprint density at radius 1 is 1.30 bits per heavy atom. The Kier molecular flexibility index (Phi) is 3.00. The van der Waals surface area contributed by atoms with Crippen LogP contribution in [0.1, 0.15) is 26.7 Å². The highest BCUT2D eigenvalue weighted by Gasteiger charge is 2.25. The fraction of sp³-hybridized carbons (Fsp3) is 1.00. The summed E-state index contributed by atoms with van der Waals surface area (Å²) in [4.78, 5) is 0. The van der Waals surface area contributed by atoms with E-state index in [9.17, 15) is 4.21 Å². The van der Waals surface area contributed by atoms with Gasteiger partial charge in [-0.2, -0.15) is 0 Å². The molecule has 2 N–H and O–H groups in total. The van der Waals surface area contributed by atoms with Crippen LogP contribution in [0.2, 0.25) is 0 Å². The Labute approximate surface area is 61.9 Å².